The summed E-state index contributed by atoms with van der Waals surface area (Å²) < 4.78 is 32.5. The Labute approximate surface area is 197 Å². The van der Waals surface area contributed by atoms with Gasteiger partial charge in [-0.2, -0.15) is 15.6 Å². The van der Waals surface area contributed by atoms with Crippen molar-refractivity contribution in [2.45, 2.75) is 23.6 Å². The lowest BCUT2D eigenvalue weighted by Gasteiger charge is -2.25. The zero-order valence-electron chi connectivity index (χ0n) is 16.5. The number of hydrogen-bond donors (Lipinski definition) is 2. The van der Waals surface area contributed by atoms with Crippen LogP contribution in [-0.4, -0.2) is 58.6 Å². The normalized spacial score (nSPS) is 16.8. The first-order chi connectivity index (χ1) is 13.5. The van der Waals surface area contributed by atoms with Crippen LogP contribution in [0, 0.1) is 0 Å². The van der Waals surface area contributed by atoms with Gasteiger partial charge in [-0.05, 0) is 40.4 Å². The van der Waals surface area contributed by atoms with Gasteiger partial charge in [0.2, 0.25) is 0 Å². The summed E-state index contributed by atoms with van der Waals surface area (Å²) in [6.45, 7) is 5.19. The van der Waals surface area contributed by atoms with Gasteiger partial charge in [0, 0.05) is 31.6 Å². The van der Waals surface area contributed by atoms with E-state index in [1.807, 2.05) is 6.07 Å². The molecule has 29 heavy (non-hydrogen) atoms. The molecule has 0 saturated carbocycles. The molecule has 2 aromatic heterocycles. The van der Waals surface area contributed by atoms with E-state index < -0.39 is 10.0 Å². The van der Waals surface area contributed by atoms with E-state index in [9.17, 15) is 8.42 Å². The molecule has 0 radical (unpaired) electrons. The minimum atomic E-state index is -3.43. The van der Waals surface area contributed by atoms with Crippen LogP contribution in [0.5, 0.6) is 0 Å². The van der Waals surface area contributed by atoms with Gasteiger partial charge in [0.1, 0.15) is 4.21 Å². The third kappa shape index (κ3) is 6.62. The molecule has 162 valence electrons. The largest absolute Gasteiger partial charge is 0.379 e. The van der Waals surface area contributed by atoms with Crippen molar-refractivity contribution in [1.29, 1.82) is 0 Å². The number of halogens is 1. The number of thiophene rings is 2. The number of rotatable bonds is 7. The highest BCUT2D eigenvalue weighted by Crippen LogP contribution is 2.25. The fraction of sp³-hybridized carbons (Fsp3) is 0.500. The lowest BCUT2D eigenvalue weighted by atomic mass is 10.1. The Balaban J connectivity index is 0.00000300. The highest BCUT2D eigenvalue weighted by Gasteiger charge is 2.27. The molecule has 1 fully saturated rings. The van der Waals surface area contributed by atoms with E-state index in [0.29, 0.717) is 48.9 Å². The SMILES string of the molecule is CN=C(NCc1ccc(S(=O)(=O)N2CCOCC2)s1)NCC(C)c1ccsc1.I. The zero-order valence-corrected chi connectivity index (χ0v) is 21.2. The molecule has 0 aliphatic carbocycles. The summed E-state index contributed by atoms with van der Waals surface area (Å²) in [4.78, 5) is 5.19. The van der Waals surface area contributed by atoms with Gasteiger partial charge in [-0.25, -0.2) is 8.42 Å². The van der Waals surface area contributed by atoms with Crippen molar-refractivity contribution < 1.29 is 13.2 Å². The number of aliphatic imine (C=N–C) groups is 1. The second-order valence-electron chi connectivity index (χ2n) is 6.50. The molecule has 3 heterocycles. The van der Waals surface area contributed by atoms with Crippen LogP contribution in [0.2, 0.25) is 0 Å². The van der Waals surface area contributed by atoms with Gasteiger partial charge in [0.05, 0.1) is 19.8 Å². The maximum Gasteiger partial charge on any atom is 0.252 e. The molecule has 1 unspecified atom stereocenters. The molecule has 0 spiro atoms. The van der Waals surface area contributed by atoms with Gasteiger partial charge in [0.15, 0.2) is 5.96 Å². The molecule has 1 aliphatic rings. The smallest absolute Gasteiger partial charge is 0.252 e. The van der Waals surface area contributed by atoms with Gasteiger partial charge in [0.25, 0.3) is 10.0 Å². The monoisotopic (exact) mass is 570 g/mol. The fourth-order valence-corrected chi connectivity index (χ4v) is 6.46. The van der Waals surface area contributed by atoms with Crippen molar-refractivity contribution in [2.24, 2.45) is 4.99 Å². The average molecular weight is 571 g/mol. The second kappa shape index (κ2) is 11.6. The minimum absolute atomic E-state index is 0. The van der Waals surface area contributed by atoms with Crippen molar-refractivity contribution in [2.75, 3.05) is 39.9 Å². The summed E-state index contributed by atoms with van der Waals surface area (Å²) in [5.74, 6) is 1.09. The van der Waals surface area contributed by atoms with Crippen molar-refractivity contribution >= 4 is 62.6 Å². The van der Waals surface area contributed by atoms with Crippen molar-refractivity contribution in [1.82, 2.24) is 14.9 Å². The van der Waals surface area contributed by atoms with E-state index in [-0.39, 0.29) is 24.0 Å². The van der Waals surface area contributed by atoms with E-state index in [1.54, 1.807) is 24.5 Å². The van der Waals surface area contributed by atoms with Crippen LogP contribution < -0.4 is 10.6 Å². The molecular weight excluding hydrogens is 543 g/mol. The molecule has 0 aromatic carbocycles. The van der Waals surface area contributed by atoms with E-state index in [2.05, 4.69) is 39.4 Å². The number of guanidine groups is 1. The first-order valence-corrected chi connectivity index (χ1v) is 12.3. The number of hydrogen-bond acceptors (Lipinski definition) is 6. The highest BCUT2D eigenvalue weighted by molar-refractivity contribution is 14.0. The Morgan fingerprint density at radius 1 is 1.28 bits per heavy atom. The minimum Gasteiger partial charge on any atom is -0.379 e. The Morgan fingerprint density at radius 2 is 2.03 bits per heavy atom. The van der Waals surface area contributed by atoms with Crippen molar-refractivity contribution in [3.05, 3.63) is 39.4 Å². The predicted octanol–water partition coefficient (Wildman–Crippen LogP) is 2.92. The maximum atomic E-state index is 12.7. The zero-order chi connectivity index (χ0) is 20.0. The van der Waals surface area contributed by atoms with Gasteiger partial charge in [-0.3, -0.25) is 4.99 Å². The van der Waals surface area contributed by atoms with Gasteiger partial charge < -0.3 is 15.4 Å². The highest BCUT2D eigenvalue weighted by atomic mass is 127. The number of nitrogens with one attached hydrogen (secondary N) is 2. The fourth-order valence-electron chi connectivity index (χ4n) is 2.82. The van der Waals surface area contributed by atoms with Crippen LogP contribution in [0.25, 0.3) is 0 Å². The Morgan fingerprint density at radius 3 is 2.69 bits per heavy atom. The maximum absolute atomic E-state index is 12.7. The molecule has 1 aliphatic heterocycles. The topological polar surface area (TPSA) is 83.0 Å². The summed E-state index contributed by atoms with van der Waals surface area (Å²) in [6.07, 6.45) is 0. The quantitative estimate of drug-likeness (QED) is 0.304. The standard InChI is InChI=1S/C18H26N4O3S3.HI/c1-14(15-5-10-26-13-15)11-20-18(19-2)21-12-16-3-4-17(27-16)28(23,24)22-6-8-25-9-7-22;/h3-5,10,13-14H,6-9,11-12H2,1-2H3,(H2,19,20,21);1H. The third-order valence-electron chi connectivity index (χ3n) is 4.54. The summed E-state index contributed by atoms with van der Waals surface area (Å²) in [6, 6.07) is 5.67. The Hall–Kier alpha value is -0.730. The van der Waals surface area contributed by atoms with Crippen LogP contribution in [0.1, 0.15) is 23.3 Å². The van der Waals surface area contributed by atoms with Crippen LogP contribution >= 0.6 is 46.7 Å². The molecule has 11 heteroatoms. The molecule has 2 N–H and O–H groups in total. The van der Waals surface area contributed by atoms with Crippen LogP contribution in [-0.2, 0) is 21.3 Å². The molecule has 2 aromatic rings. The first-order valence-electron chi connectivity index (χ1n) is 9.14. The molecular formula is C18H27IN4O3S3. The van der Waals surface area contributed by atoms with Crippen LogP contribution in [0.15, 0.2) is 38.2 Å². The van der Waals surface area contributed by atoms with Gasteiger partial charge >= 0.3 is 0 Å². The lowest BCUT2D eigenvalue weighted by molar-refractivity contribution is 0.0731. The number of nitrogens with zero attached hydrogens (tertiary/aromatic N) is 2. The van der Waals surface area contributed by atoms with E-state index in [4.69, 9.17) is 4.74 Å². The summed E-state index contributed by atoms with van der Waals surface area (Å²) in [5, 5.41) is 10.8. The molecule has 3 rings (SSSR count). The molecule has 7 nitrogen and oxygen atoms in total. The van der Waals surface area contributed by atoms with E-state index >= 15 is 0 Å². The van der Waals surface area contributed by atoms with Crippen LogP contribution in [0.4, 0.5) is 0 Å². The van der Waals surface area contributed by atoms with Crippen molar-refractivity contribution in [3.8, 4) is 0 Å². The summed E-state index contributed by atoms with van der Waals surface area (Å²) in [5.41, 5.74) is 1.31. The van der Waals surface area contributed by atoms with E-state index in [1.165, 1.54) is 21.2 Å². The molecule has 1 saturated heterocycles. The van der Waals surface area contributed by atoms with Gasteiger partial charge in [-0.1, -0.05) is 6.92 Å². The van der Waals surface area contributed by atoms with E-state index in [0.717, 1.165) is 11.4 Å². The first kappa shape index (κ1) is 24.5. The molecule has 0 amide bonds. The number of morpholine rings is 1. The van der Waals surface area contributed by atoms with Gasteiger partial charge in [-0.15, -0.1) is 35.3 Å². The summed E-state index contributed by atoms with van der Waals surface area (Å²) in [7, 11) is -1.70. The number of ether oxygens (including phenoxy) is 1. The average Bonchev–Trinajstić information content (AvgIpc) is 3.41. The second-order valence-corrected chi connectivity index (χ2v) is 10.6. The third-order valence-corrected chi connectivity index (χ3v) is 8.70. The van der Waals surface area contributed by atoms with Crippen molar-refractivity contribution in [3.63, 3.8) is 0 Å². The Kier molecular flexibility index (Phi) is 9.82. The molecule has 0 bridgehead atoms. The number of sulfonamides is 1. The summed E-state index contributed by atoms with van der Waals surface area (Å²) >= 11 is 2.99. The predicted molar refractivity (Wildman–Crippen MR) is 130 cm³/mol. The molecule has 1 atom stereocenters. The lowest BCUT2D eigenvalue weighted by Crippen LogP contribution is -2.40. The van der Waals surface area contributed by atoms with Crippen LogP contribution in [0.3, 0.4) is 0 Å². The Bertz CT molecular complexity index is 878.